The van der Waals surface area contributed by atoms with Crippen molar-refractivity contribution in [3.05, 3.63) is 51.4 Å². The molecule has 1 N–H and O–H groups in total. The Morgan fingerprint density at radius 3 is 2.71 bits per heavy atom. The summed E-state index contributed by atoms with van der Waals surface area (Å²) in [7, 11) is 0. The Morgan fingerprint density at radius 2 is 1.95 bits per heavy atom. The average molecular weight is 296 g/mol. The fourth-order valence-corrected chi connectivity index (χ4v) is 1.95. The van der Waals surface area contributed by atoms with Gasteiger partial charge < -0.3 is 0 Å². The van der Waals surface area contributed by atoms with E-state index >= 15 is 0 Å². The third-order valence-electron chi connectivity index (χ3n) is 2.89. The van der Waals surface area contributed by atoms with Gasteiger partial charge in [0.1, 0.15) is 5.69 Å². The maximum atomic E-state index is 12.9. The summed E-state index contributed by atoms with van der Waals surface area (Å²) < 4.78 is 43.1. The van der Waals surface area contributed by atoms with Crippen molar-refractivity contribution >= 4 is 11.3 Å². The molecule has 2 aromatic heterocycles. The number of rotatable bonds is 2. The van der Waals surface area contributed by atoms with Crippen LogP contribution in [0.2, 0.25) is 0 Å². The average Bonchev–Trinajstić information content (AvgIpc) is 2.85. The van der Waals surface area contributed by atoms with Crippen LogP contribution in [-0.4, -0.2) is 20.3 Å². The first kappa shape index (κ1) is 13.3. The van der Waals surface area contributed by atoms with Crippen LogP contribution in [0.15, 0.2) is 33.7 Å². The van der Waals surface area contributed by atoms with Crippen molar-refractivity contribution in [1.29, 1.82) is 0 Å². The van der Waals surface area contributed by atoms with Gasteiger partial charge in [0, 0.05) is 6.42 Å². The summed E-state index contributed by atoms with van der Waals surface area (Å²) in [5.41, 5.74) is -1.48. The van der Waals surface area contributed by atoms with E-state index in [1.54, 1.807) is 0 Å². The molecule has 0 fully saturated rings. The molecular weight excluding hydrogens is 289 g/mol. The third-order valence-corrected chi connectivity index (χ3v) is 2.89. The lowest BCUT2D eigenvalue weighted by Crippen LogP contribution is -2.17. The molecule has 0 saturated heterocycles. The lowest BCUT2D eigenvalue weighted by Gasteiger charge is -2.11. The molecule has 21 heavy (non-hydrogen) atoms. The second-order valence-corrected chi connectivity index (χ2v) is 4.28. The van der Waals surface area contributed by atoms with Gasteiger partial charge in [0.25, 0.3) is 5.56 Å². The van der Waals surface area contributed by atoms with Crippen molar-refractivity contribution < 1.29 is 17.8 Å². The van der Waals surface area contributed by atoms with Gasteiger partial charge in [-0.05, 0) is 21.9 Å². The van der Waals surface area contributed by atoms with E-state index in [1.807, 2.05) is 0 Å². The highest BCUT2D eigenvalue weighted by Crippen LogP contribution is 2.32. The number of halogens is 3. The molecular formula is C12H7F3N4O2. The van der Waals surface area contributed by atoms with Crippen molar-refractivity contribution in [2.45, 2.75) is 12.6 Å². The van der Waals surface area contributed by atoms with Crippen LogP contribution in [0.5, 0.6) is 0 Å². The summed E-state index contributed by atoms with van der Waals surface area (Å²) in [6.45, 7) is 0. The number of H-pyrrole nitrogens is 1. The van der Waals surface area contributed by atoms with Crippen LogP contribution in [0.1, 0.15) is 16.8 Å². The van der Waals surface area contributed by atoms with Crippen molar-refractivity contribution in [1.82, 2.24) is 20.3 Å². The number of aromatic amines is 1. The summed E-state index contributed by atoms with van der Waals surface area (Å²) in [4.78, 5) is 18.0. The van der Waals surface area contributed by atoms with Crippen LogP contribution in [0, 0.1) is 0 Å². The molecule has 0 spiro atoms. The number of nitrogens with zero attached hydrogens (tertiary/aromatic N) is 3. The number of hydrogen-bond acceptors (Lipinski definition) is 5. The number of fused-ring (bicyclic) bond motifs is 1. The molecule has 2 heterocycles. The van der Waals surface area contributed by atoms with Crippen LogP contribution >= 0.6 is 0 Å². The lowest BCUT2D eigenvalue weighted by molar-refractivity contribution is -0.138. The van der Waals surface area contributed by atoms with Crippen molar-refractivity contribution in [2.24, 2.45) is 0 Å². The summed E-state index contributed by atoms with van der Waals surface area (Å²) in [5.74, 6) is 0. The van der Waals surface area contributed by atoms with Crippen molar-refractivity contribution in [3.8, 4) is 0 Å². The first-order valence-electron chi connectivity index (χ1n) is 5.82. The highest BCUT2D eigenvalue weighted by atomic mass is 19.4. The Bertz CT molecular complexity index is 853. The Labute approximate surface area is 114 Å². The molecule has 6 nitrogen and oxygen atoms in total. The second-order valence-electron chi connectivity index (χ2n) is 4.28. The van der Waals surface area contributed by atoms with Gasteiger partial charge in [-0.15, -0.1) is 0 Å². The van der Waals surface area contributed by atoms with Gasteiger partial charge in [-0.3, -0.25) is 9.78 Å². The molecule has 0 atom stereocenters. The molecule has 9 heteroatoms. The Hall–Kier alpha value is -2.71. The molecule has 0 aliphatic heterocycles. The molecule has 0 unspecified atom stereocenters. The van der Waals surface area contributed by atoms with E-state index in [1.165, 1.54) is 18.2 Å². The van der Waals surface area contributed by atoms with Gasteiger partial charge in [0.15, 0.2) is 0 Å². The molecule has 3 rings (SSSR count). The van der Waals surface area contributed by atoms with Gasteiger partial charge >= 0.3 is 6.18 Å². The normalized spacial score (nSPS) is 12.0. The number of nitrogens with one attached hydrogen (secondary N) is 1. The highest BCUT2D eigenvalue weighted by molar-refractivity contribution is 5.62. The SMILES string of the molecule is O=c1[nH]c2nonc2nc1Cc1ccccc1C(F)(F)F. The number of hydrogen-bond donors (Lipinski definition) is 1. The minimum atomic E-state index is -4.50. The first-order chi connectivity index (χ1) is 9.95. The summed E-state index contributed by atoms with van der Waals surface area (Å²) in [6, 6.07) is 5.01. The van der Waals surface area contributed by atoms with Crippen molar-refractivity contribution in [2.75, 3.05) is 0 Å². The molecule has 1 aromatic carbocycles. The second kappa shape index (κ2) is 4.69. The maximum Gasteiger partial charge on any atom is 0.416 e. The Morgan fingerprint density at radius 1 is 1.19 bits per heavy atom. The fraction of sp³-hybridized carbons (Fsp3) is 0.167. The van der Waals surface area contributed by atoms with E-state index in [4.69, 9.17) is 0 Å². The predicted octanol–water partition coefficient (Wildman–Crippen LogP) is 1.92. The van der Waals surface area contributed by atoms with Gasteiger partial charge in [-0.2, -0.15) is 13.2 Å². The zero-order valence-corrected chi connectivity index (χ0v) is 10.3. The topological polar surface area (TPSA) is 84.7 Å². The van der Waals surface area contributed by atoms with E-state index in [0.717, 1.165) is 6.07 Å². The van der Waals surface area contributed by atoms with Crippen LogP contribution in [-0.2, 0) is 12.6 Å². The molecule has 0 radical (unpaired) electrons. The molecule has 0 saturated carbocycles. The molecule has 0 aliphatic rings. The van der Waals surface area contributed by atoms with Gasteiger partial charge in [-0.1, -0.05) is 18.2 Å². The zero-order valence-electron chi connectivity index (χ0n) is 10.3. The van der Waals surface area contributed by atoms with Crippen molar-refractivity contribution in [3.63, 3.8) is 0 Å². The van der Waals surface area contributed by atoms with Gasteiger partial charge in [0.2, 0.25) is 11.3 Å². The highest BCUT2D eigenvalue weighted by Gasteiger charge is 2.33. The number of aromatic nitrogens is 4. The Kier molecular flexibility index (Phi) is 2.96. The molecule has 0 aliphatic carbocycles. The van der Waals surface area contributed by atoms with E-state index in [0.29, 0.717) is 0 Å². The molecule has 108 valence electrons. The predicted molar refractivity (Wildman–Crippen MR) is 64.5 cm³/mol. The summed E-state index contributed by atoms with van der Waals surface area (Å²) in [5, 5.41) is 6.84. The fourth-order valence-electron chi connectivity index (χ4n) is 1.95. The summed E-state index contributed by atoms with van der Waals surface area (Å²) >= 11 is 0. The third kappa shape index (κ3) is 2.49. The van der Waals surface area contributed by atoms with E-state index in [2.05, 4.69) is 24.9 Å². The molecule has 0 amide bonds. The Balaban J connectivity index is 2.07. The number of benzene rings is 1. The molecule has 0 bridgehead atoms. The van der Waals surface area contributed by atoms with Crippen LogP contribution in [0.3, 0.4) is 0 Å². The standard InChI is InChI=1S/C12H7F3N4O2/c13-12(14,15)7-4-2-1-3-6(7)5-8-11(20)17-10-9(16-8)18-21-19-10/h1-4H,5H2,(H,17,19,20). The first-order valence-corrected chi connectivity index (χ1v) is 5.82. The van der Waals surface area contributed by atoms with E-state index < -0.39 is 17.3 Å². The number of alkyl halides is 3. The van der Waals surface area contributed by atoms with Crippen LogP contribution < -0.4 is 5.56 Å². The van der Waals surface area contributed by atoms with E-state index in [-0.39, 0.29) is 29.0 Å². The largest absolute Gasteiger partial charge is 0.416 e. The van der Waals surface area contributed by atoms with Gasteiger partial charge in [-0.25, -0.2) is 9.61 Å². The minimum Gasteiger partial charge on any atom is -0.299 e. The van der Waals surface area contributed by atoms with E-state index in [9.17, 15) is 18.0 Å². The minimum absolute atomic E-state index is 0.0362. The zero-order chi connectivity index (χ0) is 15.0. The lowest BCUT2D eigenvalue weighted by atomic mass is 10.0. The van der Waals surface area contributed by atoms with Crippen LogP contribution in [0.4, 0.5) is 13.2 Å². The monoisotopic (exact) mass is 296 g/mol. The van der Waals surface area contributed by atoms with Gasteiger partial charge in [0.05, 0.1) is 5.56 Å². The van der Waals surface area contributed by atoms with Crippen LogP contribution in [0.25, 0.3) is 11.3 Å². The maximum absolute atomic E-state index is 12.9. The molecule has 3 aromatic rings. The summed E-state index contributed by atoms with van der Waals surface area (Å²) in [6.07, 6.45) is -4.77. The smallest absolute Gasteiger partial charge is 0.299 e. The quantitative estimate of drug-likeness (QED) is 0.781.